The molecule has 19 heavy (non-hydrogen) atoms. The average Bonchev–Trinajstić information content (AvgIpc) is 3.21. The summed E-state index contributed by atoms with van der Waals surface area (Å²) in [5, 5.41) is 3.05. The molecule has 0 aromatic heterocycles. The summed E-state index contributed by atoms with van der Waals surface area (Å²) in [6.07, 6.45) is 1.88. The standard InChI is InChI=1S/C17H17NO/c1-13-6-5-9-15(12-13)18-16(19)17(10-11-17)14-7-3-2-4-8-14/h2-9,12H,10-11H2,1H3,(H,18,19). The molecule has 0 bridgehead atoms. The van der Waals surface area contributed by atoms with Gasteiger partial charge in [0, 0.05) is 5.69 Å². The van der Waals surface area contributed by atoms with E-state index in [0.717, 1.165) is 29.7 Å². The first kappa shape index (κ1) is 12.0. The van der Waals surface area contributed by atoms with Gasteiger partial charge in [-0.25, -0.2) is 0 Å². The van der Waals surface area contributed by atoms with Crippen molar-refractivity contribution >= 4 is 11.6 Å². The number of anilines is 1. The number of nitrogens with one attached hydrogen (secondary N) is 1. The van der Waals surface area contributed by atoms with Gasteiger partial charge in [0.2, 0.25) is 5.91 Å². The third-order valence-electron chi connectivity index (χ3n) is 3.79. The van der Waals surface area contributed by atoms with Gasteiger partial charge in [-0.05, 0) is 43.0 Å². The van der Waals surface area contributed by atoms with E-state index >= 15 is 0 Å². The van der Waals surface area contributed by atoms with E-state index < -0.39 is 0 Å². The quantitative estimate of drug-likeness (QED) is 0.886. The van der Waals surface area contributed by atoms with Crippen LogP contribution in [0.15, 0.2) is 54.6 Å². The predicted octanol–water partition coefficient (Wildman–Crippen LogP) is 3.67. The van der Waals surface area contributed by atoms with Crippen LogP contribution in [0.3, 0.4) is 0 Å². The molecule has 0 radical (unpaired) electrons. The van der Waals surface area contributed by atoms with Crippen LogP contribution in [0.4, 0.5) is 5.69 Å². The number of rotatable bonds is 3. The fraction of sp³-hybridized carbons (Fsp3) is 0.235. The largest absolute Gasteiger partial charge is 0.325 e. The lowest BCUT2D eigenvalue weighted by molar-refractivity contribution is -0.118. The van der Waals surface area contributed by atoms with Crippen molar-refractivity contribution < 1.29 is 4.79 Å². The van der Waals surface area contributed by atoms with E-state index in [1.165, 1.54) is 0 Å². The molecule has 3 rings (SSSR count). The lowest BCUT2D eigenvalue weighted by Crippen LogP contribution is -2.27. The van der Waals surface area contributed by atoms with Crippen molar-refractivity contribution in [1.82, 2.24) is 0 Å². The fourth-order valence-electron chi connectivity index (χ4n) is 2.50. The Labute approximate surface area is 113 Å². The van der Waals surface area contributed by atoms with E-state index in [-0.39, 0.29) is 11.3 Å². The monoisotopic (exact) mass is 251 g/mol. The van der Waals surface area contributed by atoms with Crippen molar-refractivity contribution in [2.24, 2.45) is 0 Å². The van der Waals surface area contributed by atoms with Crippen LogP contribution in [0.25, 0.3) is 0 Å². The van der Waals surface area contributed by atoms with Gasteiger partial charge in [-0.15, -0.1) is 0 Å². The number of hydrogen-bond acceptors (Lipinski definition) is 1. The predicted molar refractivity (Wildman–Crippen MR) is 77.2 cm³/mol. The first-order valence-corrected chi connectivity index (χ1v) is 6.64. The average molecular weight is 251 g/mol. The van der Waals surface area contributed by atoms with Crippen LogP contribution in [0.2, 0.25) is 0 Å². The van der Waals surface area contributed by atoms with Gasteiger partial charge in [-0.1, -0.05) is 42.5 Å². The Bertz CT molecular complexity index is 600. The molecule has 2 nitrogen and oxygen atoms in total. The normalized spacial score (nSPS) is 15.8. The Balaban J connectivity index is 1.82. The van der Waals surface area contributed by atoms with Crippen molar-refractivity contribution in [2.45, 2.75) is 25.2 Å². The molecule has 2 aromatic rings. The Morgan fingerprint density at radius 1 is 1.05 bits per heavy atom. The summed E-state index contributed by atoms with van der Waals surface area (Å²) in [7, 11) is 0. The molecular weight excluding hydrogens is 234 g/mol. The molecule has 1 amide bonds. The highest BCUT2D eigenvalue weighted by molar-refractivity contribution is 6.01. The maximum atomic E-state index is 12.5. The highest BCUT2D eigenvalue weighted by atomic mass is 16.2. The second kappa shape index (κ2) is 4.54. The smallest absolute Gasteiger partial charge is 0.235 e. The molecular formula is C17H17NO. The van der Waals surface area contributed by atoms with E-state index in [1.807, 2.05) is 61.5 Å². The molecule has 1 saturated carbocycles. The summed E-state index contributed by atoms with van der Waals surface area (Å²) >= 11 is 0. The van der Waals surface area contributed by atoms with Gasteiger partial charge in [0.15, 0.2) is 0 Å². The van der Waals surface area contributed by atoms with Crippen molar-refractivity contribution in [2.75, 3.05) is 5.32 Å². The van der Waals surface area contributed by atoms with Crippen LogP contribution in [0, 0.1) is 6.92 Å². The molecule has 0 heterocycles. The van der Waals surface area contributed by atoms with Gasteiger partial charge in [0.25, 0.3) is 0 Å². The molecule has 96 valence electrons. The molecule has 1 N–H and O–H groups in total. The second-order valence-corrected chi connectivity index (χ2v) is 5.27. The minimum Gasteiger partial charge on any atom is -0.325 e. The van der Waals surface area contributed by atoms with E-state index in [1.54, 1.807) is 0 Å². The third kappa shape index (κ3) is 2.26. The molecule has 1 aliphatic carbocycles. The van der Waals surface area contributed by atoms with Crippen LogP contribution in [0.1, 0.15) is 24.0 Å². The first-order valence-electron chi connectivity index (χ1n) is 6.64. The van der Waals surface area contributed by atoms with Crippen molar-refractivity contribution in [3.8, 4) is 0 Å². The number of aryl methyl sites for hydroxylation is 1. The lowest BCUT2D eigenvalue weighted by atomic mass is 9.95. The summed E-state index contributed by atoms with van der Waals surface area (Å²) in [5.74, 6) is 0.115. The minimum absolute atomic E-state index is 0.115. The molecule has 0 aliphatic heterocycles. The molecule has 2 aromatic carbocycles. The number of carbonyl (C=O) groups is 1. The number of amides is 1. The molecule has 0 unspecified atom stereocenters. The Morgan fingerprint density at radius 3 is 2.42 bits per heavy atom. The molecule has 0 saturated heterocycles. The van der Waals surface area contributed by atoms with Crippen LogP contribution in [-0.4, -0.2) is 5.91 Å². The van der Waals surface area contributed by atoms with Crippen LogP contribution >= 0.6 is 0 Å². The summed E-state index contributed by atoms with van der Waals surface area (Å²) in [6.45, 7) is 2.03. The molecule has 1 aliphatic rings. The van der Waals surface area contributed by atoms with Gasteiger partial charge in [-0.3, -0.25) is 4.79 Å². The number of benzene rings is 2. The SMILES string of the molecule is Cc1cccc(NC(=O)C2(c3ccccc3)CC2)c1. The minimum atomic E-state index is -0.301. The van der Waals surface area contributed by atoms with Crippen LogP contribution < -0.4 is 5.32 Å². The van der Waals surface area contributed by atoms with Gasteiger partial charge >= 0.3 is 0 Å². The summed E-state index contributed by atoms with van der Waals surface area (Å²) in [6, 6.07) is 18.0. The number of carbonyl (C=O) groups excluding carboxylic acids is 1. The van der Waals surface area contributed by atoms with E-state index in [9.17, 15) is 4.79 Å². The highest BCUT2D eigenvalue weighted by Crippen LogP contribution is 2.48. The Hall–Kier alpha value is -2.09. The van der Waals surface area contributed by atoms with Crippen molar-refractivity contribution in [3.63, 3.8) is 0 Å². The Morgan fingerprint density at radius 2 is 1.79 bits per heavy atom. The maximum Gasteiger partial charge on any atom is 0.235 e. The molecule has 0 spiro atoms. The van der Waals surface area contributed by atoms with Crippen LogP contribution in [0.5, 0.6) is 0 Å². The topological polar surface area (TPSA) is 29.1 Å². The van der Waals surface area contributed by atoms with Gasteiger partial charge < -0.3 is 5.32 Å². The Kier molecular flexibility index (Phi) is 2.86. The van der Waals surface area contributed by atoms with E-state index in [2.05, 4.69) is 5.32 Å². The zero-order chi connectivity index (χ0) is 13.3. The van der Waals surface area contributed by atoms with E-state index in [4.69, 9.17) is 0 Å². The molecule has 0 atom stereocenters. The first-order chi connectivity index (χ1) is 9.21. The summed E-state index contributed by atoms with van der Waals surface area (Å²) in [5.41, 5.74) is 2.86. The summed E-state index contributed by atoms with van der Waals surface area (Å²) < 4.78 is 0. The molecule has 2 heteroatoms. The summed E-state index contributed by atoms with van der Waals surface area (Å²) in [4.78, 5) is 12.5. The van der Waals surface area contributed by atoms with Gasteiger partial charge in [0.1, 0.15) is 0 Å². The van der Waals surface area contributed by atoms with E-state index in [0.29, 0.717) is 0 Å². The maximum absolute atomic E-state index is 12.5. The van der Waals surface area contributed by atoms with Crippen LogP contribution in [-0.2, 0) is 10.2 Å². The lowest BCUT2D eigenvalue weighted by Gasteiger charge is -2.16. The van der Waals surface area contributed by atoms with Crippen molar-refractivity contribution in [3.05, 3.63) is 65.7 Å². The number of hydrogen-bond donors (Lipinski definition) is 1. The fourth-order valence-corrected chi connectivity index (χ4v) is 2.50. The third-order valence-corrected chi connectivity index (χ3v) is 3.79. The molecule has 1 fully saturated rings. The van der Waals surface area contributed by atoms with Crippen molar-refractivity contribution in [1.29, 1.82) is 0 Å². The van der Waals surface area contributed by atoms with Gasteiger partial charge in [-0.2, -0.15) is 0 Å². The second-order valence-electron chi connectivity index (χ2n) is 5.27. The van der Waals surface area contributed by atoms with Gasteiger partial charge in [0.05, 0.1) is 5.41 Å². The highest BCUT2D eigenvalue weighted by Gasteiger charge is 2.51. The zero-order valence-electron chi connectivity index (χ0n) is 11.0. The zero-order valence-corrected chi connectivity index (χ0v) is 11.0.